The zero-order valence-electron chi connectivity index (χ0n) is 18.4. The van der Waals surface area contributed by atoms with Gasteiger partial charge in [-0.25, -0.2) is 0 Å². The number of carbonyl (C=O) groups excluding carboxylic acids is 2. The van der Waals surface area contributed by atoms with E-state index >= 15 is 0 Å². The molecule has 34 heavy (non-hydrogen) atoms. The van der Waals surface area contributed by atoms with Gasteiger partial charge in [0.2, 0.25) is 12.7 Å². The molecule has 3 aliphatic rings. The van der Waals surface area contributed by atoms with Gasteiger partial charge in [0.25, 0.3) is 5.91 Å². The first-order chi connectivity index (χ1) is 16.6. The van der Waals surface area contributed by atoms with Crippen LogP contribution in [-0.4, -0.2) is 47.5 Å². The first-order valence-electron chi connectivity index (χ1n) is 11.4. The second-order valence-electron chi connectivity index (χ2n) is 8.82. The van der Waals surface area contributed by atoms with E-state index in [1.165, 1.54) is 4.88 Å². The molecule has 0 saturated heterocycles. The number of fused-ring (bicyclic) bond motifs is 2. The summed E-state index contributed by atoms with van der Waals surface area (Å²) in [7, 11) is 0. The standard InChI is InChI=1S/C26H23ClN2O4S/c27-18-4-1-16(2-5-18)25-20-10-12-34-23(20)9-11-28(25)24(30)14-29(19-6-7-19)26(31)17-3-8-21-22(13-17)33-15-32-21/h1-5,8,10,12-13,19,25H,6-7,9,11,14-15H2. The highest BCUT2D eigenvalue weighted by Gasteiger charge is 2.38. The van der Waals surface area contributed by atoms with Crippen LogP contribution in [0.3, 0.4) is 0 Å². The third-order valence-corrected chi connectivity index (χ3v) is 7.89. The van der Waals surface area contributed by atoms with E-state index in [-0.39, 0.29) is 37.2 Å². The van der Waals surface area contributed by atoms with Gasteiger partial charge in [0.15, 0.2) is 11.5 Å². The summed E-state index contributed by atoms with van der Waals surface area (Å²) in [5.74, 6) is 1.01. The van der Waals surface area contributed by atoms with Crippen molar-refractivity contribution in [3.05, 3.63) is 80.5 Å². The van der Waals surface area contributed by atoms with Crippen LogP contribution in [0.5, 0.6) is 11.5 Å². The molecule has 1 fully saturated rings. The molecule has 1 aliphatic carbocycles. The van der Waals surface area contributed by atoms with Crippen molar-refractivity contribution in [1.82, 2.24) is 9.80 Å². The zero-order chi connectivity index (χ0) is 23.2. The number of amides is 2. The largest absolute Gasteiger partial charge is 0.454 e. The second-order valence-corrected chi connectivity index (χ2v) is 10.3. The Morgan fingerprint density at radius 2 is 1.85 bits per heavy atom. The number of carbonyl (C=O) groups is 2. The fraction of sp³-hybridized carbons (Fsp3) is 0.308. The van der Waals surface area contributed by atoms with E-state index in [0.29, 0.717) is 28.6 Å². The first-order valence-corrected chi connectivity index (χ1v) is 12.7. The van der Waals surface area contributed by atoms with Gasteiger partial charge in [0.05, 0.1) is 6.04 Å². The van der Waals surface area contributed by atoms with Crippen molar-refractivity contribution < 1.29 is 19.1 Å². The van der Waals surface area contributed by atoms with E-state index in [0.717, 1.165) is 30.4 Å². The molecule has 1 saturated carbocycles. The molecule has 2 amide bonds. The van der Waals surface area contributed by atoms with Gasteiger partial charge in [-0.15, -0.1) is 11.3 Å². The van der Waals surface area contributed by atoms with Crippen LogP contribution >= 0.6 is 22.9 Å². The highest BCUT2D eigenvalue weighted by atomic mass is 35.5. The second kappa shape index (κ2) is 8.64. The molecule has 2 aliphatic heterocycles. The van der Waals surface area contributed by atoms with Crippen molar-refractivity contribution in [3.8, 4) is 11.5 Å². The maximum absolute atomic E-state index is 13.7. The summed E-state index contributed by atoms with van der Waals surface area (Å²) in [4.78, 5) is 32.1. The lowest BCUT2D eigenvalue weighted by Crippen LogP contribution is -2.47. The molecule has 6 nitrogen and oxygen atoms in total. The predicted molar refractivity (Wildman–Crippen MR) is 130 cm³/mol. The molecule has 8 heteroatoms. The molecular weight excluding hydrogens is 472 g/mol. The lowest BCUT2D eigenvalue weighted by atomic mass is 9.93. The summed E-state index contributed by atoms with van der Waals surface area (Å²) in [6.07, 6.45) is 2.65. The Kier molecular flexibility index (Phi) is 5.46. The predicted octanol–water partition coefficient (Wildman–Crippen LogP) is 4.91. The van der Waals surface area contributed by atoms with Crippen LogP contribution in [0.15, 0.2) is 53.9 Å². The molecule has 0 bridgehead atoms. The summed E-state index contributed by atoms with van der Waals surface area (Å²) >= 11 is 7.86. The third-order valence-electron chi connectivity index (χ3n) is 6.65. The molecule has 3 aromatic rings. The van der Waals surface area contributed by atoms with E-state index in [4.69, 9.17) is 21.1 Å². The Labute approximate surface area is 206 Å². The average molecular weight is 495 g/mol. The van der Waals surface area contributed by atoms with Gasteiger partial charge in [-0.2, -0.15) is 0 Å². The van der Waals surface area contributed by atoms with Crippen LogP contribution < -0.4 is 9.47 Å². The Morgan fingerprint density at radius 1 is 1.06 bits per heavy atom. The summed E-state index contributed by atoms with van der Waals surface area (Å²) in [5, 5.41) is 2.75. The lowest BCUT2D eigenvalue weighted by molar-refractivity contribution is -0.134. The number of nitrogens with zero attached hydrogens (tertiary/aromatic N) is 2. The molecule has 174 valence electrons. The van der Waals surface area contributed by atoms with Gasteiger partial charge in [-0.05, 0) is 72.2 Å². The van der Waals surface area contributed by atoms with Gasteiger partial charge in [0.1, 0.15) is 6.54 Å². The Balaban J connectivity index is 1.27. The van der Waals surface area contributed by atoms with Crippen molar-refractivity contribution in [2.24, 2.45) is 0 Å². The van der Waals surface area contributed by atoms with Gasteiger partial charge in [-0.3, -0.25) is 9.59 Å². The number of halogens is 1. The minimum absolute atomic E-state index is 0.0437. The number of benzene rings is 2. The molecule has 3 heterocycles. The summed E-state index contributed by atoms with van der Waals surface area (Å²) in [5.41, 5.74) is 2.70. The molecule has 2 aromatic carbocycles. The molecule has 0 spiro atoms. The van der Waals surface area contributed by atoms with E-state index in [9.17, 15) is 9.59 Å². The zero-order valence-corrected chi connectivity index (χ0v) is 20.0. The number of ether oxygens (including phenoxy) is 2. The first kappa shape index (κ1) is 21.5. The van der Waals surface area contributed by atoms with Crippen molar-refractivity contribution in [1.29, 1.82) is 0 Å². The molecule has 6 rings (SSSR count). The number of hydrogen-bond donors (Lipinski definition) is 0. The van der Waals surface area contributed by atoms with E-state index in [1.807, 2.05) is 29.2 Å². The molecule has 0 radical (unpaired) electrons. The van der Waals surface area contributed by atoms with Crippen LogP contribution in [-0.2, 0) is 11.2 Å². The summed E-state index contributed by atoms with van der Waals surface area (Å²) in [6, 6.07) is 14.9. The van der Waals surface area contributed by atoms with Crippen molar-refractivity contribution in [2.75, 3.05) is 19.9 Å². The molecular formula is C26H23ClN2O4S. The van der Waals surface area contributed by atoms with Crippen molar-refractivity contribution in [3.63, 3.8) is 0 Å². The number of hydrogen-bond acceptors (Lipinski definition) is 5. The van der Waals surface area contributed by atoms with Crippen molar-refractivity contribution >= 4 is 34.8 Å². The van der Waals surface area contributed by atoms with E-state index in [1.54, 1.807) is 34.4 Å². The van der Waals surface area contributed by atoms with Crippen LogP contribution in [0, 0.1) is 0 Å². The van der Waals surface area contributed by atoms with Crippen LogP contribution in [0.1, 0.15) is 45.2 Å². The minimum Gasteiger partial charge on any atom is -0.454 e. The van der Waals surface area contributed by atoms with Crippen LogP contribution in [0.4, 0.5) is 0 Å². The summed E-state index contributed by atoms with van der Waals surface area (Å²) in [6.45, 7) is 0.835. The van der Waals surface area contributed by atoms with Gasteiger partial charge >= 0.3 is 0 Å². The minimum atomic E-state index is -0.179. The highest BCUT2D eigenvalue weighted by Crippen LogP contribution is 2.39. The summed E-state index contributed by atoms with van der Waals surface area (Å²) < 4.78 is 10.8. The SMILES string of the molecule is O=C(c1ccc2c(c1)OCO2)N(CC(=O)N1CCc2sccc2C1c1ccc(Cl)cc1)C1CC1. The lowest BCUT2D eigenvalue weighted by Gasteiger charge is -2.37. The molecule has 1 aromatic heterocycles. The number of rotatable bonds is 5. The Bertz CT molecular complexity index is 1250. The van der Waals surface area contributed by atoms with Crippen molar-refractivity contribution in [2.45, 2.75) is 31.3 Å². The monoisotopic (exact) mass is 494 g/mol. The maximum Gasteiger partial charge on any atom is 0.254 e. The van der Waals surface area contributed by atoms with Gasteiger partial charge in [-0.1, -0.05) is 23.7 Å². The number of thiophene rings is 1. The molecule has 1 atom stereocenters. The fourth-order valence-electron chi connectivity index (χ4n) is 4.77. The normalized spacial score (nSPS) is 18.5. The average Bonchev–Trinajstić information content (AvgIpc) is 3.38. The maximum atomic E-state index is 13.7. The highest BCUT2D eigenvalue weighted by molar-refractivity contribution is 7.10. The smallest absolute Gasteiger partial charge is 0.254 e. The van der Waals surface area contributed by atoms with Crippen LogP contribution in [0.2, 0.25) is 5.02 Å². The molecule has 1 unspecified atom stereocenters. The van der Waals surface area contributed by atoms with Gasteiger partial charge < -0.3 is 19.3 Å². The Hall–Kier alpha value is -3.03. The quantitative estimate of drug-likeness (QED) is 0.505. The van der Waals surface area contributed by atoms with Crippen LogP contribution in [0.25, 0.3) is 0 Å². The van der Waals surface area contributed by atoms with Gasteiger partial charge in [0, 0.05) is 28.0 Å². The van der Waals surface area contributed by atoms with E-state index in [2.05, 4.69) is 11.4 Å². The Morgan fingerprint density at radius 3 is 2.65 bits per heavy atom. The molecule has 0 N–H and O–H groups in total. The topological polar surface area (TPSA) is 59.1 Å². The third kappa shape index (κ3) is 3.93. The fourth-order valence-corrected chi connectivity index (χ4v) is 5.80. The van der Waals surface area contributed by atoms with E-state index < -0.39 is 0 Å².